The number of furan rings is 1. The number of carbonyl (C=O) groups excluding carboxylic acids is 3. The molecule has 0 saturated carbocycles. The fourth-order valence-electron chi connectivity index (χ4n) is 6.56. The maximum Gasteiger partial charge on any atom is 0.338 e. The van der Waals surface area contributed by atoms with Crippen molar-refractivity contribution in [3.05, 3.63) is 80.7 Å². The van der Waals surface area contributed by atoms with Gasteiger partial charge in [-0.2, -0.15) is 4.59 Å². The Morgan fingerprint density at radius 2 is 1.98 bits per heavy atom. The van der Waals surface area contributed by atoms with Crippen LogP contribution in [0.2, 0.25) is 5.02 Å². The van der Waals surface area contributed by atoms with E-state index in [2.05, 4.69) is 10.3 Å². The lowest BCUT2D eigenvalue weighted by atomic mass is 10.1. The Bertz CT molecular complexity index is 1820. The summed E-state index contributed by atoms with van der Waals surface area (Å²) in [7, 11) is 1.32. The molecule has 2 aromatic carbocycles. The largest absolute Gasteiger partial charge is 0.469 e. The van der Waals surface area contributed by atoms with Crippen LogP contribution in [-0.4, -0.2) is 65.0 Å². The number of likely N-dealkylation sites (tertiary alicyclic amines) is 1. The molecule has 248 valence electrons. The fourth-order valence-corrected chi connectivity index (χ4v) is 7.90. The Labute approximate surface area is 277 Å². The van der Waals surface area contributed by atoms with E-state index in [1.54, 1.807) is 35.5 Å². The molecule has 2 fully saturated rings. The quantitative estimate of drug-likeness (QED) is 0.148. The molecule has 2 aliphatic rings. The van der Waals surface area contributed by atoms with Crippen LogP contribution in [-0.2, 0) is 27.2 Å². The Balaban J connectivity index is 1.26. The maximum absolute atomic E-state index is 15.6. The van der Waals surface area contributed by atoms with Crippen LogP contribution in [0.15, 0.2) is 53.3 Å². The number of carbonyl (C=O) groups is 3. The second-order valence-electron chi connectivity index (χ2n) is 11.9. The van der Waals surface area contributed by atoms with Gasteiger partial charge >= 0.3 is 11.9 Å². The second kappa shape index (κ2) is 13.4. The van der Waals surface area contributed by atoms with E-state index in [4.69, 9.17) is 20.8 Å². The molecule has 0 bridgehead atoms. The van der Waals surface area contributed by atoms with Crippen LogP contribution in [0.5, 0.6) is 0 Å². The highest BCUT2D eigenvalue weighted by atomic mass is 35.5. The van der Waals surface area contributed by atoms with E-state index in [9.17, 15) is 23.2 Å². The van der Waals surface area contributed by atoms with Gasteiger partial charge < -0.3 is 14.5 Å². The van der Waals surface area contributed by atoms with Gasteiger partial charge in [-0.05, 0) is 24.6 Å². The Morgan fingerprint density at radius 1 is 1.21 bits per heavy atom. The van der Waals surface area contributed by atoms with E-state index in [0.29, 0.717) is 41.8 Å². The Morgan fingerprint density at radius 3 is 2.74 bits per heavy atom. The number of hydrogen-bond donors (Lipinski definition) is 1. The van der Waals surface area contributed by atoms with Gasteiger partial charge in [-0.15, -0.1) is 16.3 Å². The highest BCUT2D eigenvalue weighted by Crippen LogP contribution is 2.45. The first-order chi connectivity index (χ1) is 22.5. The zero-order valence-electron chi connectivity index (χ0n) is 25.6. The number of esters is 1. The number of amides is 2. The highest BCUT2D eigenvalue weighted by Gasteiger charge is 2.56. The van der Waals surface area contributed by atoms with E-state index in [0.717, 1.165) is 10.9 Å². The monoisotopic (exact) mass is 689 g/mol. The minimum absolute atomic E-state index is 0.00723. The van der Waals surface area contributed by atoms with Crippen LogP contribution >= 0.6 is 22.9 Å². The number of fused-ring (bicyclic) bond motifs is 1. The third kappa shape index (κ3) is 6.67. The van der Waals surface area contributed by atoms with E-state index >= 15 is 4.39 Å². The zero-order valence-corrected chi connectivity index (χ0v) is 27.1. The number of halogens is 4. The van der Waals surface area contributed by atoms with Crippen molar-refractivity contribution in [1.82, 2.24) is 9.99 Å². The Kier molecular flexibility index (Phi) is 9.43. The molecule has 4 aromatic rings. The number of thiazole rings is 1. The SMILES string of the molecule is COC(=O)CCc1cnc([C@@H]2CCC[N+]2(C(=O)Cc2cc(Cl)c(NC(=O)c3coc4ccccc34)cc2F)N2CCC(F)(F)CC2)s1. The average Bonchev–Trinajstić information content (AvgIpc) is 3.81. The Hall–Kier alpha value is -3.78. The van der Waals surface area contributed by atoms with Crippen LogP contribution in [0.25, 0.3) is 11.0 Å². The molecule has 2 atom stereocenters. The molecule has 9 nitrogen and oxygen atoms in total. The van der Waals surface area contributed by atoms with Crippen molar-refractivity contribution in [2.45, 2.75) is 56.9 Å². The predicted molar refractivity (Wildman–Crippen MR) is 170 cm³/mol. The van der Waals surface area contributed by atoms with E-state index < -0.39 is 36.5 Å². The summed E-state index contributed by atoms with van der Waals surface area (Å²) in [5, 5.41) is 5.70. The van der Waals surface area contributed by atoms with Crippen molar-refractivity contribution in [3.8, 4) is 0 Å². The zero-order chi connectivity index (χ0) is 33.3. The van der Waals surface area contributed by atoms with Crippen LogP contribution in [0.1, 0.15) is 64.0 Å². The number of nitrogens with zero attached hydrogens (tertiary/aromatic N) is 3. The number of alkyl halides is 2. The van der Waals surface area contributed by atoms with E-state index in [1.165, 1.54) is 30.8 Å². The molecule has 6 rings (SSSR count). The first-order valence-corrected chi connectivity index (χ1v) is 16.5. The molecular formula is C33H33ClF3N4O5S+. The summed E-state index contributed by atoms with van der Waals surface area (Å²) in [6, 6.07) is 8.94. The molecule has 0 spiro atoms. The third-order valence-corrected chi connectivity index (χ3v) is 10.5. The number of anilines is 1. The third-order valence-electron chi connectivity index (χ3n) is 9.01. The van der Waals surface area contributed by atoms with Gasteiger partial charge in [-0.3, -0.25) is 9.59 Å². The number of piperidine rings is 1. The van der Waals surface area contributed by atoms with Crippen LogP contribution in [0.3, 0.4) is 0 Å². The number of para-hydroxylation sites is 1. The molecule has 14 heteroatoms. The van der Waals surface area contributed by atoms with Gasteiger partial charge in [0.05, 0.1) is 49.3 Å². The lowest BCUT2D eigenvalue weighted by Gasteiger charge is -2.46. The van der Waals surface area contributed by atoms with Gasteiger partial charge in [0.25, 0.3) is 11.8 Å². The lowest BCUT2D eigenvalue weighted by molar-refractivity contribution is -0.986. The predicted octanol–water partition coefficient (Wildman–Crippen LogP) is 7.11. The first-order valence-electron chi connectivity index (χ1n) is 15.3. The molecule has 2 amide bonds. The van der Waals surface area contributed by atoms with Crippen LogP contribution in [0, 0.1) is 5.82 Å². The number of methoxy groups -OCH3 is 1. The van der Waals surface area contributed by atoms with Crippen molar-refractivity contribution in [2.75, 3.05) is 32.1 Å². The van der Waals surface area contributed by atoms with Gasteiger partial charge in [0.15, 0.2) is 11.0 Å². The smallest absolute Gasteiger partial charge is 0.338 e. The number of quaternary nitrogens is 1. The van der Waals surface area contributed by atoms with Crippen molar-refractivity contribution in [2.24, 2.45) is 0 Å². The van der Waals surface area contributed by atoms with E-state index in [1.807, 2.05) is 0 Å². The van der Waals surface area contributed by atoms with Gasteiger partial charge in [0.2, 0.25) is 0 Å². The molecular weight excluding hydrogens is 657 g/mol. The number of ether oxygens (including phenoxy) is 1. The van der Waals surface area contributed by atoms with Crippen molar-refractivity contribution in [3.63, 3.8) is 0 Å². The van der Waals surface area contributed by atoms with Gasteiger partial charge in [0.1, 0.15) is 24.2 Å². The summed E-state index contributed by atoms with van der Waals surface area (Å²) in [6.45, 7) is 0.341. The highest BCUT2D eigenvalue weighted by molar-refractivity contribution is 7.11. The summed E-state index contributed by atoms with van der Waals surface area (Å²) in [4.78, 5) is 44.6. The average molecular weight is 690 g/mol. The molecule has 47 heavy (non-hydrogen) atoms. The summed E-state index contributed by atoms with van der Waals surface area (Å²) in [6.07, 6.45) is 3.66. The first kappa shape index (κ1) is 33.1. The number of aryl methyl sites for hydroxylation is 1. The molecule has 4 heterocycles. The minimum atomic E-state index is -2.83. The van der Waals surface area contributed by atoms with Crippen molar-refractivity contribution < 1.29 is 41.3 Å². The van der Waals surface area contributed by atoms with Crippen LogP contribution in [0.4, 0.5) is 18.9 Å². The van der Waals surface area contributed by atoms with E-state index in [-0.39, 0.29) is 64.2 Å². The number of hydrogen-bond acceptors (Lipinski definition) is 8. The van der Waals surface area contributed by atoms with Gasteiger partial charge in [-0.25, -0.2) is 22.9 Å². The molecule has 2 aromatic heterocycles. The topological polar surface area (TPSA) is 102 Å². The van der Waals surface area contributed by atoms with Crippen LogP contribution < -0.4 is 5.32 Å². The van der Waals surface area contributed by atoms with Gasteiger partial charge in [0, 0.05) is 47.7 Å². The molecule has 1 N–H and O–H groups in total. The number of rotatable bonds is 9. The maximum atomic E-state index is 15.6. The summed E-state index contributed by atoms with van der Waals surface area (Å²) in [5.41, 5.74) is 0.827. The number of nitrogens with one attached hydrogen (secondary N) is 1. The summed E-state index contributed by atoms with van der Waals surface area (Å²) >= 11 is 7.90. The molecule has 0 radical (unpaired) electrons. The van der Waals surface area contributed by atoms with Crippen molar-refractivity contribution >= 4 is 57.4 Å². The molecule has 1 unspecified atom stereocenters. The lowest BCUT2D eigenvalue weighted by Crippen LogP contribution is -2.65. The molecule has 0 aliphatic carbocycles. The fraction of sp³-hybridized carbons (Fsp3) is 0.394. The second-order valence-corrected chi connectivity index (χ2v) is 13.4. The van der Waals surface area contributed by atoms with Crippen molar-refractivity contribution in [1.29, 1.82) is 0 Å². The normalized spacial score (nSPS) is 21.2. The molecule has 2 aliphatic heterocycles. The number of aromatic nitrogens is 1. The summed E-state index contributed by atoms with van der Waals surface area (Å²) < 4.78 is 54.1. The summed E-state index contributed by atoms with van der Waals surface area (Å²) in [5.74, 6) is -4.82. The standard InChI is InChI=1S/C33H32ClF3N4O5S/c1-45-30(43)9-8-21-18-38-32(47-21)27-6-4-14-41(27,40-12-10-33(36,37)11-13-40)29(42)16-20-15-24(34)26(17-25(20)35)39-31(44)23-19-46-28-7-3-2-5-22(23)28/h2-3,5,7,15,17-19,27H,4,6,8-14,16H2,1H3/p+1/t27-,41?/m0/s1. The molecule has 2 saturated heterocycles. The van der Waals surface area contributed by atoms with Gasteiger partial charge in [-0.1, -0.05) is 29.8 Å². The minimum Gasteiger partial charge on any atom is -0.469 e. The number of benzene rings is 2.